The van der Waals surface area contributed by atoms with Gasteiger partial charge in [-0.15, -0.1) is 0 Å². The van der Waals surface area contributed by atoms with Crippen molar-refractivity contribution in [1.29, 1.82) is 0 Å². The van der Waals surface area contributed by atoms with Gasteiger partial charge in [-0.05, 0) is 70.0 Å². The Balaban J connectivity index is 2.16. The Kier molecular flexibility index (Phi) is 7.54. The number of rotatable bonds is 6. The van der Waals surface area contributed by atoms with E-state index in [9.17, 15) is 18.4 Å². The Bertz CT molecular complexity index is 815. The number of benzene rings is 2. The second kappa shape index (κ2) is 9.69. The van der Waals surface area contributed by atoms with E-state index in [1.54, 1.807) is 52.0 Å². The highest BCUT2D eigenvalue weighted by molar-refractivity contribution is 5.81. The maximum atomic E-state index is 13.4. The van der Waals surface area contributed by atoms with Gasteiger partial charge in [0.2, 0.25) is 0 Å². The van der Waals surface area contributed by atoms with Gasteiger partial charge in [-0.3, -0.25) is 0 Å². The van der Waals surface area contributed by atoms with Crippen LogP contribution >= 0.6 is 0 Å². The number of carbonyl (C=O) groups is 2. The first kappa shape index (κ1) is 23.3. The van der Waals surface area contributed by atoms with E-state index in [1.807, 2.05) is 0 Å². The number of hydrogen-bond acceptors (Lipinski definition) is 4. The molecular weight excluding hydrogens is 392 g/mol. The molecule has 0 aromatic heterocycles. The fourth-order valence-electron chi connectivity index (χ4n) is 2.97. The minimum absolute atomic E-state index is 0.392. The third-order valence-electron chi connectivity index (χ3n) is 4.32. The number of esters is 1. The van der Waals surface area contributed by atoms with Crippen molar-refractivity contribution in [2.45, 2.75) is 58.3 Å². The molecule has 2 rings (SSSR count). The third-order valence-corrected chi connectivity index (χ3v) is 4.32. The number of alkyl carbamates (subject to hydrolysis) is 1. The van der Waals surface area contributed by atoms with Gasteiger partial charge in [-0.25, -0.2) is 18.4 Å². The lowest BCUT2D eigenvalue weighted by Crippen LogP contribution is -2.43. The molecule has 0 fully saturated rings. The van der Waals surface area contributed by atoms with Crippen LogP contribution < -0.4 is 5.32 Å². The summed E-state index contributed by atoms with van der Waals surface area (Å²) in [7, 11) is 0. The molecule has 2 aromatic carbocycles. The number of nitrogens with one attached hydrogen (secondary N) is 1. The van der Waals surface area contributed by atoms with Crippen LogP contribution in [0.1, 0.15) is 51.7 Å². The Hall–Kier alpha value is -2.96. The van der Waals surface area contributed by atoms with Crippen LogP contribution in [0.2, 0.25) is 0 Å². The maximum Gasteiger partial charge on any atom is 0.408 e. The van der Waals surface area contributed by atoms with Gasteiger partial charge < -0.3 is 14.8 Å². The molecule has 1 amide bonds. The molecule has 0 unspecified atom stereocenters. The van der Waals surface area contributed by atoms with Crippen molar-refractivity contribution in [1.82, 2.24) is 5.32 Å². The molecule has 0 aliphatic rings. The zero-order valence-corrected chi connectivity index (χ0v) is 17.7. The zero-order valence-electron chi connectivity index (χ0n) is 17.7. The lowest BCUT2D eigenvalue weighted by Gasteiger charge is -2.27. The van der Waals surface area contributed by atoms with Crippen LogP contribution in [-0.4, -0.2) is 29.8 Å². The maximum absolute atomic E-state index is 13.4. The van der Waals surface area contributed by atoms with Crippen molar-refractivity contribution in [2.24, 2.45) is 0 Å². The van der Waals surface area contributed by atoms with Crippen LogP contribution in [0.3, 0.4) is 0 Å². The average Bonchev–Trinajstić information content (AvgIpc) is 2.63. The highest BCUT2D eigenvalue weighted by Gasteiger charge is 2.28. The van der Waals surface area contributed by atoms with Gasteiger partial charge >= 0.3 is 12.1 Å². The molecule has 30 heavy (non-hydrogen) atoms. The standard InChI is InChI=1S/C23H27F2NO4/c1-14(26-22(28)30-23(3,4)5)21(27)29-15(2)20(16-6-10-18(24)11-7-16)17-8-12-19(25)13-9-17/h6-15,20H,1-5H3,(H,26,28)/t14-,15-/m0/s1. The Morgan fingerprint density at radius 1 is 0.867 bits per heavy atom. The average molecular weight is 419 g/mol. The number of ether oxygens (including phenoxy) is 2. The molecule has 2 atom stereocenters. The zero-order chi connectivity index (χ0) is 22.5. The van der Waals surface area contributed by atoms with E-state index >= 15 is 0 Å². The van der Waals surface area contributed by atoms with Crippen LogP contribution in [0.15, 0.2) is 48.5 Å². The molecule has 162 valence electrons. The molecule has 0 spiro atoms. The molecule has 0 aliphatic carbocycles. The summed E-state index contributed by atoms with van der Waals surface area (Å²) in [5.41, 5.74) is 0.712. The van der Waals surface area contributed by atoms with Crippen LogP contribution in [0.25, 0.3) is 0 Å². The third kappa shape index (κ3) is 6.83. The van der Waals surface area contributed by atoms with Crippen molar-refractivity contribution >= 4 is 12.1 Å². The Morgan fingerprint density at radius 2 is 1.30 bits per heavy atom. The number of amides is 1. The van der Waals surface area contributed by atoms with Crippen LogP contribution in [0.5, 0.6) is 0 Å². The summed E-state index contributed by atoms with van der Waals surface area (Å²) in [5, 5.41) is 2.44. The first-order valence-corrected chi connectivity index (χ1v) is 9.67. The lowest BCUT2D eigenvalue weighted by molar-refractivity contribution is -0.150. The first-order valence-electron chi connectivity index (χ1n) is 9.67. The summed E-state index contributed by atoms with van der Waals surface area (Å²) in [6.45, 7) is 8.33. The molecule has 0 saturated heterocycles. The van der Waals surface area contributed by atoms with E-state index < -0.39 is 47.4 Å². The highest BCUT2D eigenvalue weighted by Crippen LogP contribution is 2.30. The van der Waals surface area contributed by atoms with E-state index in [-0.39, 0.29) is 0 Å². The van der Waals surface area contributed by atoms with Gasteiger partial charge in [0.05, 0.1) is 0 Å². The van der Waals surface area contributed by atoms with Crippen molar-refractivity contribution in [2.75, 3.05) is 0 Å². The van der Waals surface area contributed by atoms with Crippen molar-refractivity contribution in [3.05, 3.63) is 71.3 Å². The number of carbonyl (C=O) groups excluding carboxylic acids is 2. The van der Waals surface area contributed by atoms with Gasteiger partial charge in [-0.2, -0.15) is 0 Å². The Labute approximate surface area is 175 Å². The molecule has 2 aromatic rings. The molecule has 7 heteroatoms. The summed E-state index contributed by atoms with van der Waals surface area (Å²) >= 11 is 0. The quantitative estimate of drug-likeness (QED) is 0.674. The normalized spacial score (nSPS) is 13.5. The second-order valence-corrected chi connectivity index (χ2v) is 8.09. The predicted molar refractivity (Wildman–Crippen MR) is 109 cm³/mol. The fraction of sp³-hybridized carbons (Fsp3) is 0.391. The topological polar surface area (TPSA) is 64.6 Å². The summed E-state index contributed by atoms with van der Waals surface area (Å²) in [4.78, 5) is 24.4. The molecule has 0 aliphatic heterocycles. The highest BCUT2D eigenvalue weighted by atomic mass is 19.1. The van der Waals surface area contributed by atoms with Crippen LogP contribution in [0, 0.1) is 11.6 Å². The van der Waals surface area contributed by atoms with Gasteiger partial charge in [0.15, 0.2) is 0 Å². The molecule has 0 bridgehead atoms. The molecule has 5 nitrogen and oxygen atoms in total. The molecular formula is C23H27F2NO4. The minimum atomic E-state index is -0.940. The monoisotopic (exact) mass is 419 g/mol. The number of halogens is 2. The fourth-order valence-corrected chi connectivity index (χ4v) is 2.97. The summed E-state index contributed by atoms with van der Waals surface area (Å²) < 4.78 is 37.5. The predicted octanol–water partition coefficient (Wildman–Crippen LogP) is 4.94. The van der Waals surface area contributed by atoms with Gasteiger partial charge in [0, 0.05) is 5.92 Å². The molecule has 0 radical (unpaired) electrons. The second-order valence-electron chi connectivity index (χ2n) is 8.09. The van der Waals surface area contributed by atoms with Gasteiger partial charge in [-0.1, -0.05) is 24.3 Å². The molecule has 0 heterocycles. The van der Waals surface area contributed by atoms with Crippen molar-refractivity contribution < 1.29 is 27.8 Å². The molecule has 1 N–H and O–H groups in total. The minimum Gasteiger partial charge on any atom is -0.460 e. The first-order chi connectivity index (χ1) is 14.0. The summed E-state index contributed by atoms with van der Waals surface area (Å²) in [6, 6.07) is 10.7. The van der Waals surface area contributed by atoms with Crippen LogP contribution in [-0.2, 0) is 14.3 Å². The lowest BCUT2D eigenvalue weighted by atomic mass is 9.87. The van der Waals surface area contributed by atoms with E-state index in [2.05, 4.69) is 5.32 Å². The van der Waals surface area contributed by atoms with Crippen LogP contribution in [0.4, 0.5) is 13.6 Å². The SMILES string of the molecule is C[C@H](NC(=O)OC(C)(C)C)C(=O)O[C@@H](C)C(c1ccc(F)cc1)c1ccc(F)cc1. The smallest absolute Gasteiger partial charge is 0.408 e. The van der Waals surface area contributed by atoms with E-state index in [0.717, 1.165) is 0 Å². The molecule has 0 saturated carbocycles. The van der Waals surface area contributed by atoms with Crippen molar-refractivity contribution in [3.8, 4) is 0 Å². The van der Waals surface area contributed by atoms with Crippen molar-refractivity contribution in [3.63, 3.8) is 0 Å². The van der Waals surface area contributed by atoms with Gasteiger partial charge in [0.25, 0.3) is 0 Å². The summed E-state index contributed by atoms with van der Waals surface area (Å²) in [6.07, 6.45) is -1.40. The summed E-state index contributed by atoms with van der Waals surface area (Å²) in [5.74, 6) is -1.89. The van der Waals surface area contributed by atoms with E-state index in [1.165, 1.54) is 31.2 Å². The number of hydrogen-bond donors (Lipinski definition) is 1. The largest absolute Gasteiger partial charge is 0.460 e. The van der Waals surface area contributed by atoms with E-state index in [0.29, 0.717) is 11.1 Å². The van der Waals surface area contributed by atoms with E-state index in [4.69, 9.17) is 9.47 Å². The Morgan fingerprint density at radius 3 is 1.70 bits per heavy atom. The van der Waals surface area contributed by atoms with Gasteiger partial charge in [0.1, 0.15) is 29.4 Å².